The van der Waals surface area contributed by atoms with Crippen molar-refractivity contribution in [3.8, 4) is 5.75 Å². The quantitative estimate of drug-likeness (QED) is 0.256. The van der Waals surface area contributed by atoms with Gasteiger partial charge in [0.05, 0.1) is 30.3 Å². The van der Waals surface area contributed by atoms with Gasteiger partial charge in [-0.3, -0.25) is 9.36 Å². The van der Waals surface area contributed by atoms with Gasteiger partial charge < -0.3 is 19.5 Å². The van der Waals surface area contributed by atoms with Crippen LogP contribution in [0.1, 0.15) is 41.9 Å². The lowest BCUT2D eigenvalue weighted by atomic mass is 10.1. The minimum absolute atomic E-state index is 0.00759. The maximum absolute atomic E-state index is 15.4. The molecule has 4 N–H and O–H groups in total. The Balaban J connectivity index is 2.51. The standard InChI is InChI=1S/C18H24BrF2N2O7PS2/c1-3-29-31(25,30-4-2)18(20,21)16-14(19)12-9-11(17(22)24)10-13(15(12)32-16)28-7-5-6-8-33(23,26)27/h9-10H,3-8H2,1-2H3,(H2,22,24)(H2,23,26,27). The molecule has 15 heteroatoms. The van der Waals surface area contributed by atoms with Gasteiger partial charge in [-0.2, -0.15) is 8.78 Å². The Morgan fingerprint density at radius 2 is 1.82 bits per heavy atom. The average molecular weight is 593 g/mol. The number of carbonyl (C=O) groups excluding carboxylic acids is 1. The van der Waals surface area contributed by atoms with Gasteiger partial charge in [-0.15, -0.1) is 11.3 Å². The van der Waals surface area contributed by atoms with Crippen LogP contribution in [-0.4, -0.2) is 39.9 Å². The molecule has 0 unspecified atom stereocenters. The molecule has 33 heavy (non-hydrogen) atoms. The minimum atomic E-state index is -4.87. The second-order valence-corrected chi connectivity index (χ2v) is 12.4. The summed E-state index contributed by atoms with van der Waals surface area (Å²) in [7, 11) is -8.49. The molecule has 1 aromatic heterocycles. The third-order valence-corrected chi connectivity index (χ3v) is 9.77. The summed E-state index contributed by atoms with van der Waals surface area (Å²) in [6.07, 6.45) is 0.527. The smallest absolute Gasteiger partial charge is 0.405 e. The molecule has 0 spiro atoms. The monoisotopic (exact) mass is 592 g/mol. The first kappa shape index (κ1) is 28.1. The molecule has 0 atom stereocenters. The molecule has 0 aliphatic rings. The zero-order chi connectivity index (χ0) is 25.0. The number of primary amides is 1. The number of benzene rings is 1. The van der Waals surface area contributed by atoms with Crippen LogP contribution < -0.4 is 15.6 Å². The average Bonchev–Trinajstić information content (AvgIpc) is 3.04. The molecular formula is C18H24BrF2N2O7PS2. The van der Waals surface area contributed by atoms with Crippen molar-refractivity contribution in [3.05, 3.63) is 27.0 Å². The molecule has 9 nitrogen and oxygen atoms in total. The maximum atomic E-state index is 15.4. The lowest BCUT2D eigenvalue weighted by Crippen LogP contribution is -2.17. The number of ether oxygens (including phenoxy) is 1. The number of nitrogens with two attached hydrogens (primary N) is 2. The van der Waals surface area contributed by atoms with E-state index in [1.807, 2.05) is 0 Å². The van der Waals surface area contributed by atoms with Crippen molar-refractivity contribution in [3.63, 3.8) is 0 Å². The highest BCUT2D eigenvalue weighted by Gasteiger charge is 2.57. The number of hydrogen-bond donors (Lipinski definition) is 2. The molecule has 0 bridgehead atoms. The Morgan fingerprint density at radius 1 is 1.21 bits per heavy atom. The third-order valence-electron chi connectivity index (χ3n) is 4.28. The highest BCUT2D eigenvalue weighted by atomic mass is 79.9. The van der Waals surface area contributed by atoms with E-state index in [9.17, 15) is 17.8 Å². The van der Waals surface area contributed by atoms with Crippen LogP contribution >= 0.6 is 34.9 Å². The number of halogens is 3. The van der Waals surface area contributed by atoms with E-state index >= 15 is 8.78 Å². The summed E-state index contributed by atoms with van der Waals surface area (Å²) in [5.41, 5.74) is 1.38. The van der Waals surface area contributed by atoms with Crippen LogP contribution in [-0.2, 0) is 29.3 Å². The van der Waals surface area contributed by atoms with E-state index < -0.39 is 34.1 Å². The van der Waals surface area contributed by atoms with Crippen molar-refractivity contribution in [2.45, 2.75) is 32.4 Å². The first-order chi connectivity index (χ1) is 15.3. The van der Waals surface area contributed by atoms with Crippen molar-refractivity contribution in [1.82, 2.24) is 0 Å². The molecule has 0 aliphatic carbocycles. The molecule has 1 amide bonds. The molecule has 0 aliphatic heterocycles. The molecule has 186 valence electrons. The minimum Gasteiger partial charge on any atom is -0.492 e. The number of hydrogen-bond acceptors (Lipinski definition) is 8. The normalized spacial score (nSPS) is 12.9. The van der Waals surface area contributed by atoms with E-state index in [0.717, 1.165) is 0 Å². The first-order valence-corrected chi connectivity index (χ1v) is 14.6. The summed E-state index contributed by atoms with van der Waals surface area (Å²) in [5.74, 6) is -0.956. The maximum Gasteiger partial charge on any atom is 0.405 e. The van der Waals surface area contributed by atoms with Crippen LogP contribution in [0.3, 0.4) is 0 Å². The fraction of sp³-hybridized carbons (Fsp3) is 0.500. The van der Waals surface area contributed by atoms with Gasteiger partial charge in [0.25, 0.3) is 0 Å². The van der Waals surface area contributed by atoms with Gasteiger partial charge in [-0.25, -0.2) is 13.6 Å². The third kappa shape index (κ3) is 6.50. The van der Waals surface area contributed by atoms with E-state index in [4.69, 9.17) is 24.7 Å². The predicted octanol–water partition coefficient (Wildman–Crippen LogP) is 4.53. The number of carbonyl (C=O) groups is 1. The van der Waals surface area contributed by atoms with E-state index in [1.165, 1.54) is 26.0 Å². The number of rotatable bonds is 13. The second kappa shape index (κ2) is 11.1. The number of thiophene rings is 1. The van der Waals surface area contributed by atoms with Crippen molar-refractivity contribution in [1.29, 1.82) is 0 Å². The second-order valence-electron chi connectivity index (χ2n) is 6.76. The molecule has 0 fully saturated rings. The van der Waals surface area contributed by atoms with E-state index in [0.29, 0.717) is 17.8 Å². The Bertz CT molecular complexity index is 1160. The summed E-state index contributed by atoms with van der Waals surface area (Å²) >= 11 is 3.73. The Labute approximate surface area is 202 Å². The van der Waals surface area contributed by atoms with Crippen molar-refractivity contribution < 1.29 is 40.3 Å². The predicted molar refractivity (Wildman–Crippen MR) is 125 cm³/mol. The van der Waals surface area contributed by atoms with Gasteiger partial charge in [-0.1, -0.05) is 0 Å². The zero-order valence-corrected chi connectivity index (χ0v) is 21.9. The molecular weight excluding hydrogens is 569 g/mol. The van der Waals surface area contributed by atoms with Crippen LogP contribution in [0.5, 0.6) is 5.75 Å². The van der Waals surface area contributed by atoms with Gasteiger partial charge in [0.2, 0.25) is 15.9 Å². The van der Waals surface area contributed by atoms with Crippen LogP contribution in [0.4, 0.5) is 8.78 Å². The van der Waals surface area contributed by atoms with Crippen molar-refractivity contribution >= 4 is 60.9 Å². The molecule has 2 aromatic rings. The van der Waals surface area contributed by atoms with Crippen LogP contribution in [0, 0.1) is 0 Å². The number of amides is 1. The lowest BCUT2D eigenvalue weighted by Gasteiger charge is -2.25. The molecule has 1 aromatic carbocycles. The van der Waals surface area contributed by atoms with Crippen LogP contribution in [0.2, 0.25) is 0 Å². The fourth-order valence-electron chi connectivity index (χ4n) is 2.83. The van der Waals surface area contributed by atoms with Gasteiger partial charge in [0, 0.05) is 15.4 Å². The van der Waals surface area contributed by atoms with Crippen molar-refractivity contribution in [2.75, 3.05) is 25.6 Å². The highest BCUT2D eigenvalue weighted by Crippen LogP contribution is 2.69. The van der Waals surface area contributed by atoms with Crippen molar-refractivity contribution in [2.24, 2.45) is 10.9 Å². The Hall–Kier alpha value is -1.15. The number of sulfonamides is 1. The number of unbranched alkanes of at least 4 members (excludes halogenated alkanes) is 1. The van der Waals surface area contributed by atoms with Crippen LogP contribution in [0.25, 0.3) is 10.1 Å². The molecule has 1 heterocycles. The first-order valence-electron chi connectivity index (χ1n) is 9.74. The van der Waals surface area contributed by atoms with Crippen LogP contribution in [0.15, 0.2) is 16.6 Å². The SMILES string of the molecule is CCOP(=O)(OCC)C(F)(F)c1sc2c(OCCCCS(N)(=O)=O)cc(C(N)=O)cc2c1Br. The van der Waals surface area contributed by atoms with Gasteiger partial charge >= 0.3 is 13.3 Å². The number of fused-ring (bicyclic) bond motifs is 1. The number of primary sulfonamides is 1. The van der Waals surface area contributed by atoms with Gasteiger partial charge in [-0.05, 0) is 54.8 Å². The number of alkyl halides is 2. The summed E-state index contributed by atoms with van der Waals surface area (Å²) in [6, 6.07) is 2.62. The van der Waals surface area contributed by atoms with Gasteiger partial charge in [0.15, 0.2) is 0 Å². The zero-order valence-electron chi connectivity index (χ0n) is 17.8. The van der Waals surface area contributed by atoms with E-state index in [-0.39, 0.29) is 57.9 Å². The fourth-order valence-corrected chi connectivity index (χ4v) is 7.46. The Morgan fingerprint density at radius 3 is 2.33 bits per heavy atom. The lowest BCUT2D eigenvalue weighted by molar-refractivity contribution is 0.0387. The molecule has 2 rings (SSSR count). The summed E-state index contributed by atoms with van der Waals surface area (Å²) in [6.45, 7) is 2.36. The van der Waals surface area contributed by atoms with Gasteiger partial charge in [0.1, 0.15) is 10.6 Å². The summed E-state index contributed by atoms with van der Waals surface area (Å²) < 4.78 is 81.3. The molecule has 0 saturated heterocycles. The highest BCUT2D eigenvalue weighted by molar-refractivity contribution is 9.10. The topological polar surface area (TPSA) is 148 Å². The summed E-state index contributed by atoms with van der Waals surface area (Å²) in [4.78, 5) is 11.1. The molecule has 0 saturated carbocycles. The summed E-state index contributed by atoms with van der Waals surface area (Å²) in [5, 5.41) is 5.16. The molecule has 0 radical (unpaired) electrons. The largest absolute Gasteiger partial charge is 0.492 e. The van der Waals surface area contributed by atoms with E-state index in [1.54, 1.807) is 0 Å². The Kier molecular flexibility index (Phi) is 9.42. The van der Waals surface area contributed by atoms with E-state index in [2.05, 4.69) is 15.9 Å².